The zero-order valence-electron chi connectivity index (χ0n) is 13.5. The third-order valence-corrected chi connectivity index (χ3v) is 6.41. The number of amides is 1. The van der Waals surface area contributed by atoms with Gasteiger partial charge in [-0.15, -0.1) is 0 Å². The summed E-state index contributed by atoms with van der Waals surface area (Å²) in [5.41, 5.74) is 7.25. The second-order valence-electron chi connectivity index (χ2n) is 5.74. The molecule has 25 heavy (non-hydrogen) atoms. The minimum absolute atomic E-state index is 0.0102. The second kappa shape index (κ2) is 6.67. The summed E-state index contributed by atoms with van der Waals surface area (Å²) < 4.78 is 32.3. The van der Waals surface area contributed by atoms with Crippen LogP contribution in [0.4, 0.5) is 0 Å². The van der Waals surface area contributed by atoms with E-state index in [-0.39, 0.29) is 22.9 Å². The van der Waals surface area contributed by atoms with Gasteiger partial charge in [0.15, 0.2) is 0 Å². The normalized spacial score (nSPS) is 17.8. The molecule has 1 heterocycles. The molecule has 0 saturated heterocycles. The van der Waals surface area contributed by atoms with Crippen LogP contribution in [0.5, 0.6) is 5.75 Å². The lowest BCUT2D eigenvalue weighted by Crippen LogP contribution is -2.50. The molecule has 0 fully saturated rings. The van der Waals surface area contributed by atoms with Gasteiger partial charge < -0.3 is 10.5 Å². The summed E-state index contributed by atoms with van der Waals surface area (Å²) in [6.45, 7) is 0.0791. The molecule has 8 heteroatoms. The highest BCUT2D eigenvalue weighted by molar-refractivity contribution is 7.89. The number of rotatable bonds is 4. The Kier molecular flexibility index (Phi) is 4.73. The first-order valence-electron chi connectivity index (χ1n) is 7.56. The molecule has 3 rings (SSSR count). The van der Waals surface area contributed by atoms with Crippen molar-refractivity contribution >= 4 is 27.5 Å². The largest absolute Gasteiger partial charge is 0.495 e. The Balaban J connectivity index is 2.05. The molecule has 1 atom stereocenters. The maximum Gasteiger partial charge on any atom is 0.244 e. The van der Waals surface area contributed by atoms with Gasteiger partial charge in [-0.3, -0.25) is 4.79 Å². The van der Waals surface area contributed by atoms with Gasteiger partial charge in [0.1, 0.15) is 11.8 Å². The summed E-state index contributed by atoms with van der Waals surface area (Å²) in [5.74, 6) is -0.311. The van der Waals surface area contributed by atoms with Gasteiger partial charge in [-0.2, -0.15) is 4.31 Å². The predicted molar refractivity (Wildman–Crippen MR) is 93.9 cm³/mol. The van der Waals surface area contributed by atoms with Gasteiger partial charge in [-0.1, -0.05) is 35.9 Å². The fraction of sp³-hybridized carbons (Fsp3) is 0.235. The quantitative estimate of drug-likeness (QED) is 0.877. The van der Waals surface area contributed by atoms with E-state index in [4.69, 9.17) is 22.1 Å². The number of halogens is 1. The van der Waals surface area contributed by atoms with E-state index in [0.29, 0.717) is 5.75 Å². The van der Waals surface area contributed by atoms with Crippen LogP contribution in [0.3, 0.4) is 0 Å². The number of methoxy groups -OCH3 is 1. The second-order valence-corrected chi connectivity index (χ2v) is 8.04. The SMILES string of the molecule is COc1ccc(S(=O)(=O)N2Cc3ccccc3C[C@H]2C(N)=O)cc1Cl. The van der Waals surface area contributed by atoms with Gasteiger partial charge in [0.05, 0.1) is 17.0 Å². The van der Waals surface area contributed by atoms with E-state index in [0.717, 1.165) is 15.4 Å². The van der Waals surface area contributed by atoms with Gasteiger partial charge in [-0.05, 0) is 35.7 Å². The number of fused-ring (bicyclic) bond motifs is 1. The van der Waals surface area contributed by atoms with Crippen LogP contribution in [0, 0.1) is 0 Å². The lowest BCUT2D eigenvalue weighted by Gasteiger charge is -2.34. The van der Waals surface area contributed by atoms with E-state index in [1.807, 2.05) is 24.3 Å². The summed E-state index contributed by atoms with van der Waals surface area (Å²) in [5, 5.41) is 0.177. The van der Waals surface area contributed by atoms with Crippen LogP contribution in [0.1, 0.15) is 11.1 Å². The van der Waals surface area contributed by atoms with Crippen molar-refractivity contribution in [3.63, 3.8) is 0 Å². The fourth-order valence-corrected chi connectivity index (χ4v) is 4.86. The molecule has 2 aromatic carbocycles. The first-order valence-corrected chi connectivity index (χ1v) is 9.38. The zero-order chi connectivity index (χ0) is 18.2. The number of nitrogens with two attached hydrogens (primary N) is 1. The van der Waals surface area contributed by atoms with Gasteiger partial charge in [0.2, 0.25) is 15.9 Å². The first kappa shape index (κ1) is 17.7. The molecule has 1 aliphatic heterocycles. The van der Waals surface area contributed by atoms with Gasteiger partial charge >= 0.3 is 0 Å². The van der Waals surface area contributed by atoms with E-state index < -0.39 is 22.0 Å². The Morgan fingerprint density at radius 1 is 1.24 bits per heavy atom. The lowest BCUT2D eigenvalue weighted by molar-refractivity contribution is -0.122. The molecule has 1 aliphatic rings. The Morgan fingerprint density at radius 2 is 1.92 bits per heavy atom. The monoisotopic (exact) mass is 380 g/mol. The average molecular weight is 381 g/mol. The molecule has 132 valence electrons. The predicted octanol–water partition coefficient (Wildman–Crippen LogP) is 1.95. The van der Waals surface area contributed by atoms with Crippen LogP contribution in [-0.4, -0.2) is 31.8 Å². The smallest absolute Gasteiger partial charge is 0.244 e. The van der Waals surface area contributed by atoms with Gasteiger partial charge in [-0.25, -0.2) is 8.42 Å². The maximum absolute atomic E-state index is 13.1. The Hall–Kier alpha value is -2.09. The van der Waals surface area contributed by atoms with Crippen LogP contribution < -0.4 is 10.5 Å². The summed E-state index contributed by atoms with van der Waals surface area (Å²) in [6, 6.07) is 10.7. The minimum atomic E-state index is -3.95. The number of benzene rings is 2. The minimum Gasteiger partial charge on any atom is -0.495 e. The molecule has 2 aromatic rings. The van der Waals surface area contributed by atoms with Gasteiger partial charge in [0, 0.05) is 6.54 Å². The highest BCUT2D eigenvalue weighted by Crippen LogP contribution is 2.32. The van der Waals surface area contributed by atoms with Crippen LogP contribution in [-0.2, 0) is 27.8 Å². The number of ether oxygens (including phenoxy) is 1. The summed E-state index contributed by atoms with van der Waals surface area (Å²) >= 11 is 6.05. The third kappa shape index (κ3) is 3.22. The van der Waals surface area contributed by atoms with Crippen molar-refractivity contribution in [1.82, 2.24) is 4.31 Å². The Labute approximate surface area is 151 Å². The Morgan fingerprint density at radius 3 is 2.52 bits per heavy atom. The molecule has 0 radical (unpaired) electrons. The molecular formula is C17H17ClN2O4S. The van der Waals surface area contributed by atoms with E-state index in [1.54, 1.807) is 0 Å². The van der Waals surface area contributed by atoms with Crippen LogP contribution >= 0.6 is 11.6 Å². The molecule has 6 nitrogen and oxygen atoms in total. The van der Waals surface area contributed by atoms with E-state index in [9.17, 15) is 13.2 Å². The van der Waals surface area contributed by atoms with Crippen molar-refractivity contribution in [2.75, 3.05) is 7.11 Å². The van der Waals surface area contributed by atoms with E-state index in [2.05, 4.69) is 0 Å². The number of hydrogen-bond donors (Lipinski definition) is 1. The van der Waals surface area contributed by atoms with Crippen molar-refractivity contribution in [1.29, 1.82) is 0 Å². The molecular weight excluding hydrogens is 364 g/mol. The fourth-order valence-electron chi connectivity index (χ4n) is 2.94. The summed E-state index contributed by atoms with van der Waals surface area (Å²) in [6.07, 6.45) is 0.245. The van der Waals surface area contributed by atoms with E-state index >= 15 is 0 Å². The summed E-state index contributed by atoms with van der Waals surface area (Å²) in [7, 11) is -2.51. The van der Waals surface area contributed by atoms with Crippen molar-refractivity contribution in [3.8, 4) is 5.75 Å². The molecule has 2 N–H and O–H groups in total. The number of sulfonamides is 1. The topological polar surface area (TPSA) is 89.7 Å². The molecule has 0 spiro atoms. The maximum atomic E-state index is 13.1. The molecule has 1 amide bonds. The summed E-state index contributed by atoms with van der Waals surface area (Å²) in [4.78, 5) is 11.9. The highest BCUT2D eigenvalue weighted by Gasteiger charge is 2.38. The van der Waals surface area contributed by atoms with Crippen molar-refractivity contribution in [3.05, 3.63) is 58.6 Å². The molecule has 0 saturated carbocycles. The molecule has 0 aromatic heterocycles. The number of carbonyl (C=O) groups is 1. The number of hydrogen-bond acceptors (Lipinski definition) is 4. The molecule has 0 bridgehead atoms. The average Bonchev–Trinajstić information content (AvgIpc) is 2.60. The van der Waals surface area contributed by atoms with Crippen molar-refractivity contribution in [2.45, 2.75) is 23.9 Å². The molecule has 0 aliphatic carbocycles. The zero-order valence-corrected chi connectivity index (χ0v) is 15.0. The van der Waals surface area contributed by atoms with Crippen molar-refractivity contribution in [2.24, 2.45) is 5.73 Å². The number of nitrogens with zero attached hydrogens (tertiary/aromatic N) is 1. The highest BCUT2D eigenvalue weighted by atomic mass is 35.5. The Bertz CT molecular complexity index is 930. The van der Waals surface area contributed by atoms with E-state index in [1.165, 1.54) is 25.3 Å². The first-order chi connectivity index (χ1) is 11.8. The van der Waals surface area contributed by atoms with Crippen LogP contribution in [0.15, 0.2) is 47.4 Å². The third-order valence-electron chi connectivity index (χ3n) is 4.26. The number of primary amides is 1. The lowest BCUT2D eigenvalue weighted by atomic mass is 9.96. The molecule has 0 unspecified atom stereocenters. The number of carbonyl (C=O) groups excluding carboxylic acids is 1. The van der Waals surface area contributed by atoms with Crippen LogP contribution in [0.25, 0.3) is 0 Å². The van der Waals surface area contributed by atoms with Crippen molar-refractivity contribution < 1.29 is 17.9 Å². The standard InChI is InChI=1S/C17H17ClN2O4S/c1-24-16-7-6-13(9-14(16)18)25(22,23)20-10-12-5-3-2-4-11(12)8-15(20)17(19)21/h2-7,9,15H,8,10H2,1H3,(H2,19,21)/t15-/m0/s1. The van der Waals surface area contributed by atoms with Gasteiger partial charge in [0.25, 0.3) is 0 Å². The van der Waals surface area contributed by atoms with Crippen LogP contribution in [0.2, 0.25) is 5.02 Å².